The molecular formula is C17H12ClF2N3O. The summed E-state index contributed by atoms with van der Waals surface area (Å²) in [5, 5.41) is 14.4. The minimum Gasteiger partial charge on any atom is -0.358 e. The third kappa shape index (κ3) is 4.31. The lowest BCUT2D eigenvalue weighted by Gasteiger charge is -2.07. The molecule has 0 heterocycles. The number of hydrogen-bond acceptors (Lipinski definition) is 3. The van der Waals surface area contributed by atoms with Crippen molar-refractivity contribution in [3.8, 4) is 6.07 Å². The lowest BCUT2D eigenvalue weighted by molar-refractivity contribution is -0.112. The standard InChI is InChI=1S/C17H12ClF2N3O/c1-10-2-4-13(7-14(10)18)23-17(24)11(8-21)9-22-16-6-12(19)3-5-15(16)20/h2-7,9,22H,1H3,(H,23,24)/b11-9-. The fraction of sp³-hybridized carbons (Fsp3) is 0.0588. The van der Waals surface area contributed by atoms with E-state index in [1.165, 1.54) is 0 Å². The van der Waals surface area contributed by atoms with E-state index in [-0.39, 0.29) is 11.3 Å². The fourth-order valence-corrected chi connectivity index (χ4v) is 1.96. The number of nitriles is 1. The lowest BCUT2D eigenvalue weighted by Crippen LogP contribution is -2.14. The molecule has 0 aliphatic carbocycles. The Kier molecular flexibility index (Phi) is 5.51. The Morgan fingerprint density at radius 1 is 1.25 bits per heavy atom. The van der Waals surface area contributed by atoms with E-state index in [4.69, 9.17) is 16.9 Å². The molecule has 0 saturated heterocycles. The van der Waals surface area contributed by atoms with Gasteiger partial charge in [-0.3, -0.25) is 4.79 Å². The number of rotatable bonds is 4. The summed E-state index contributed by atoms with van der Waals surface area (Å²) in [7, 11) is 0. The average Bonchev–Trinajstić information content (AvgIpc) is 2.54. The Bertz CT molecular complexity index is 859. The van der Waals surface area contributed by atoms with Crippen molar-refractivity contribution in [3.63, 3.8) is 0 Å². The van der Waals surface area contributed by atoms with Crippen LogP contribution in [0.5, 0.6) is 0 Å². The minimum atomic E-state index is -0.712. The van der Waals surface area contributed by atoms with E-state index in [1.54, 1.807) is 24.3 Å². The van der Waals surface area contributed by atoms with Crippen molar-refractivity contribution in [1.82, 2.24) is 0 Å². The van der Waals surface area contributed by atoms with Gasteiger partial charge in [0.2, 0.25) is 0 Å². The third-order valence-electron chi connectivity index (χ3n) is 3.10. The highest BCUT2D eigenvalue weighted by Gasteiger charge is 2.11. The first-order valence-corrected chi connectivity index (χ1v) is 7.18. The normalized spacial score (nSPS) is 10.9. The lowest BCUT2D eigenvalue weighted by atomic mass is 10.2. The quantitative estimate of drug-likeness (QED) is 0.637. The van der Waals surface area contributed by atoms with Crippen LogP contribution < -0.4 is 10.6 Å². The number of carbonyl (C=O) groups excluding carboxylic acids is 1. The zero-order valence-electron chi connectivity index (χ0n) is 12.5. The molecular weight excluding hydrogens is 336 g/mol. The second kappa shape index (κ2) is 7.57. The van der Waals surface area contributed by atoms with Crippen molar-refractivity contribution in [2.45, 2.75) is 6.92 Å². The topological polar surface area (TPSA) is 64.9 Å². The highest BCUT2D eigenvalue weighted by Crippen LogP contribution is 2.20. The Morgan fingerprint density at radius 3 is 2.67 bits per heavy atom. The van der Waals surface area contributed by atoms with Crippen LogP contribution in [-0.4, -0.2) is 5.91 Å². The second-order valence-corrected chi connectivity index (χ2v) is 5.26. The molecule has 0 bridgehead atoms. The number of nitrogens with one attached hydrogen (secondary N) is 2. The van der Waals surface area contributed by atoms with E-state index in [0.29, 0.717) is 10.7 Å². The smallest absolute Gasteiger partial charge is 0.267 e. The molecule has 2 N–H and O–H groups in total. The maximum Gasteiger partial charge on any atom is 0.267 e. The molecule has 0 spiro atoms. The molecule has 0 atom stereocenters. The van der Waals surface area contributed by atoms with Gasteiger partial charge in [-0.2, -0.15) is 5.26 Å². The predicted molar refractivity (Wildman–Crippen MR) is 88.5 cm³/mol. The molecule has 2 aromatic carbocycles. The zero-order chi connectivity index (χ0) is 17.7. The second-order valence-electron chi connectivity index (χ2n) is 4.86. The molecule has 24 heavy (non-hydrogen) atoms. The van der Waals surface area contributed by atoms with Gasteiger partial charge in [0.05, 0.1) is 5.69 Å². The molecule has 0 saturated carbocycles. The summed E-state index contributed by atoms with van der Waals surface area (Å²) in [6.07, 6.45) is 1.00. The van der Waals surface area contributed by atoms with E-state index < -0.39 is 17.5 Å². The van der Waals surface area contributed by atoms with Crippen LogP contribution in [0.4, 0.5) is 20.2 Å². The number of nitrogens with zero attached hydrogens (tertiary/aromatic N) is 1. The molecule has 0 radical (unpaired) electrons. The molecule has 7 heteroatoms. The highest BCUT2D eigenvalue weighted by atomic mass is 35.5. The Hall–Kier alpha value is -2.91. The van der Waals surface area contributed by atoms with Crippen LogP contribution in [0, 0.1) is 29.9 Å². The minimum absolute atomic E-state index is 0.186. The van der Waals surface area contributed by atoms with Crippen molar-refractivity contribution in [2.75, 3.05) is 10.6 Å². The van der Waals surface area contributed by atoms with E-state index >= 15 is 0 Å². The van der Waals surface area contributed by atoms with E-state index in [1.807, 2.05) is 6.92 Å². The van der Waals surface area contributed by atoms with Crippen molar-refractivity contribution >= 4 is 28.9 Å². The molecule has 2 rings (SSSR count). The number of halogens is 3. The monoisotopic (exact) mass is 347 g/mol. The fourth-order valence-electron chi connectivity index (χ4n) is 1.78. The maximum atomic E-state index is 13.5. The van der Waals surface area contributed by atoms with Crippen LogP contribution in [-0.2, 0) is 4.79 Å². The zero-order valence-corrected chi connectivity index (χ0v) is 13.3. The molecule has 0 aliphatic rings. The maximum absolute atomic E-state index is 13.5. The van der Waals surface area contributed by atoms with E-state index in [9.17, 15) is 13.6 Å². The van der Waals surface area contributed by atoms with Crippen LogP contribution in [0.1, 0.15) is 5.56 Å². The van der Waals surface area contributed by atoms with Crippen LogP contribution in [0.15, 0.2) is 48.2 Å². The SMILES string of the molecule is Cc1ccc(NC(=O)/C(C#N)=C\Nc2cc(F)ccc2F)cc1Cl. The summed E-state index contributed by atoms with van der Waals surface area (Å²) < 4.78 is 26.6. The molecule has 0 unspecified atom stereocenters. The largest absolute Gasteiger partial charge is 0.358 e. The number of amides is 1. The first-order valence-electron chi connectivity index (χ1n) is 6.80. The molecule has 0 aromatic heterocycles. The van der Waals surface area contributed by atoms with Crippen molar-refractivity contribution in [3.05, 3.63) is 70.4 Å². The van der Waals surface area contributed by atoms with Gasteiger partial charge in [0, 0.05) is 23.0 Å². The van der Waals surface area contributed by atoms with Crippen LogP contribution >= 0.6 is 11.6 Å². The third-order valence-corrected chi connectivity index (χ3v) is 3.50. The van der Waals surface area contributed by atoms with Crippen LogP contribution in [0.3, 0.4) is 0 Å². The molecule has 0 aliphatic heterocycles. The summed E-state index contributed by atoms with van der Waals surface area (Å²) in [5.41, 5.74) is 0.756. The van der Waals surface area contributed by atoms with Gasteiger partial charge < -0.3 is 10.6 Å². The van der Waals surface area contributed by atoms with Gasteiger partial charge >= 0.3 is 0 Å². The summed E-state index contributed by atoms with van der Waals surface area (Å²) in [4.78, 5) is 12.1. The van der Waals surface area contributed by atoms with Crippen molar-refractivity contribution < 1.29 is 13.6 Å². The van der Waals surface area contributed by atoms with Gasteiger partial charge in [-0.1, -0.05) is 17.7 Å². The molecule has 2 aromatic rings. The number of hydrogen-bond donors (Lipinski definition) is 2. The summed E-state index contributed by atoms with van der Waals surface area (Å²) >= 11 is 5.96. The van der Waals surface area contributed by atoms with Gasteiger partial charge in [-0.15, -0.1) is 0 Å². The van der Waals surface area contributed by atoms with Gasteiger partial charge in [0.1, 0.15) is 23.3 Å². The first-order chi connectivity index (χ1) is 11.4. The van der Waals surface area contributed by atoms with Crippen molar-refractivity contribution in [1.29, 1.82) is 5.26 Å². The first kappa shape index (κ1) is 17.4. The van der Waals surface area contributed by atoms with Crippen LogP contribution in [0.2, 0.25) is 5.02 Å². The van der Waals surface area contributed by atoms with Gasteiger partial charge in [0.15, 0.2) is 0 Å². The number of aryl methyl sites for hydroxylation is 1. The molecule has 122 valence electrons. The Labute approximate surface area is 142 Å². The molecule has 0 fully saturated rings. The molecule has 1 amide bonds. The van der Waals surface area contributed by atoms with E-state index in [2.05, 4.69) is 10.6 Å². The highest BCUT2D eigenvalue weighted by molar-refractivity contribution is 6.31. The van der Waals surface area contributed by atoms with Crippen molar-refractivity contribution in [2.24, 2.45) is 0 Å². The number of carbonyl (C=O) groups is 1. The Morgan fingerprint density at radius 2 is 2.00 bits per heavy atom. The number of benzene rings is 2. The van der Waals surface area contributed by atoms with E-state index in [0.717, 1.165) is 30.0 Å². The van der Waals surface area contributed by atoms with Gasteiger partial charge in [-0.05, 0) is 36.8 Å². The predicted octanol–water partition coefficient (Wildman–Crippen LogP) is 4.38. The van der Waals surface area contributed by atoms with Gasteiger partial charge in [0.25, 0.3) is 5.91 Å². The number of anilines is 2. The summed E-state index contributed by atoms with van der Waals surface area (Å²) in [6.45, 7) is 1.81. The summed E-state index contributed by atoms with van der Waals surface area (Å²) in [5.74, 6) is -2.07. The van der Waals surface area contributed by atoms with Gasteiger partial charge in [-0.25, -0.2) is 8.78 Å². The average molecular weight is 348 g/mol. The Balaban J connectivity index is 2.15. The molecule has 4 nitrogen and oxygen atoms in total. The van der Waals surface area contributed by atoms with Crippen LogP contribution in [0.25, 0.3) is 0 Å². The summed E-state index contributed by atoms with van der Waals surface area (Å²) in [6, 6.07) is 9.40.